The van der Waals surface area contributed by atoms with E-state index < -0.39 is 0 Å². The first-order chi connectivity index (χ1) is 11.0. The molecular formula is C17H19ClN2O3. The molecule has 0 radical (unpaired) electrons. The Balaban J connectivity index is 2.06. The molecule has 2 rings (SSSR count). The van der Waals surface area contributed by atoms with Crippen LogP contribution in [-0.2, 0) is 6.54 Å². The van der Waals surface area contributed by atoms with Gasteiger partial charge >= 0.3 is 6.03 Å². The van der Waals surface area contributed by atoms with Gasteiger partial charge in [0, 0.05) is 18.7 Å². The highest BCUT2D eigenvalue weighted by Crippen LogP contribution is 2.35. The summed E-state index contributed by atoms with van der Waals surface area (Å²) in [5, 5.41) is 5.96. The Labute approximate surface area is 140 Å². The number of benzene rings is 2. The average molecular weight is 335 g/mol. The number of carbonyl (C=O) groups is 1. The molecule has 23 heavy (non-hydrogen) atoms. The van der Waals surface area contributed by atoms with Crippen LogP contribution in [0.5, 0.6) is 11.5 Å². The highest BCUT2D eigenvalue weighted by Gasteiger charge is 2.12. The maximum atomic E-state index is 12.1. The fourth-order valence-electron chi connectivity index (χ4n) is 2.11. The molecule has 0 heterocycles. The van der Waals surface area contributed by atoms with Gasteiger partial charge < -0.3 is 20.1 Å². The summed E-state index contributed by atoms with van der Waals surface area (Å²) in [4.78, 5) is 12.1. The quantitative estimate of drug-likeness (QED) is 0.869. The molecule has 0 aromatic heterocycles. The van der Waals surface area contributed by atoms with Crippen LogP contribution in [0.3, 0.4) is 0 Å². The van der Waals surface area contributed by atoms with Crippen molar-refractivity contribution in [2.45, 2.75) is 13.5 Å². The van der Waals surface area contributed by atoms with Crippen LogP contribution in [0.15, 0.2) is 36.4 Å². The highest BCUT2D eigenvalue weighted by atomic mass is 35.5. The highest BCUT2D eigenvalue weighted by molar-refractivity contribution is 6.32. The summed E-state index contributed by atoms with van der Waals surface area (Å²) in [7, 11) is 3.02. The topological polar surface area (TPSA) is 59.6 Å². The maximum Gasteiger partial charge on any atom is 0.319 e. The van der Waals surface area contributed by atoms with Gasteiger partial charge in [0.25, 0.3) is 0 Å². The molecule has 2 amide bonds. The van der Waals surface area contributed by atoms with Crippen molar-refractivity contribution in [1.82, 2.24) is 5.32 Å². The molecule has 0 saturated carbocycles. The molecule has 2 aromatic rings. The van der Waals surface area contributed by atoms with Crippen molar-refractivity contribution in [2.24, 2.45) is 0 Å². The molecule has 5 nitrogen and oxygen atoms in total. The number of nitrogens with one attached hydrogen (secondary N) is 2. The minimum absolute atomic E-state index is 0.337. The van der Waals surface area contributed by atoms with E-state index >= 15 is 0 Å². The van der Waals surface area contributed by atoms with Crippen molar-refractivity contribution in [3.63, 3.8) is 0 Å². The van der Waals surface area contributed by atoms with Crippen molar-refractivity contribution in [2.75, 3.05) is 19.5 Å². The second-order valence-corrected chi connectivity index (χ2v) is 5.33. The SMILES string of the molecule is COc1cc(NC(=O)NCc2ccccc2C)c(OC)cc1Cl. The van der Waals surface area contributed by atoms with E-state index in [2.05, 4.69) is 10.6 Å². The Morgan fingerprint density at radius 2 is 1.83 bits per heavy atom. The number of amides is 2. The summed E-state index contributed by atoms with van der Waals surface area (Å²) in [6.45, 7) is 2.44. The molecule has 0 aliphatic heterocycles. The number of hydrogen-bond acceptors (Lipinski definition) is 3. The predicted octanol–water partition coefficient (Wildman–Crippen LogP) is 3.99. The molecule has 0 aliphatic rings. The van der Waals surface area contributed by atoms with Gasteiger partial charge in [-0.15, -0.1) is 0 Å². The van der Waals surface area contributed by atoms with E-state index in [0.29, 0.717) is 28.8 Å². The summed E-state index contributed by atoms with van der Waals surface area (Å²) >= 11 is 6.04. The molecule has 0 bridgehead atoms. The van der Waals surface area contributed by atoms with Gasteiger partial charge in [0.05, 0.1) is 24.9 Å². The number of methoxy groups -OCH3 is 2. The molecule has 2 aromatic carbocycles. The molecule has 0 fully saturated rings. The number of ether oxygens (including phenoxy) is 2. The fraction of sp³-hybridized carbons (Fsp3) is 0.235. The smallest absolute Gasteiger partial charge is 0.319 e. The summed E-state index contributed by atoms with van der Waals surface area (Å²) in [5.41, 5.74) is 2.66. The Morgan fingerprint density at radius 3 is 2.48 bits per heavy atom. The number of halogens is 1. The maximum absolute atomic E-state index is 12.1. The van der Waals surface area contributed by atoms with E-state index in [0.717, 1.165) is 11.1 Å². The average Bonchev–Trinajstić information content (AvgIpc) is 2.55. The van der Waals surface area contributed by atoms with Gasteiger partial charge in [-0.05, 0) is 18.1 Å². The third kappa shape index (κ3) is 4.29. The number of aryl methyl sites for hydroxylation is 1. The van der Waals surface area contributed by atoms with Crippen LogP contribution >= 0.6 is 11.6 Å². The van der Waals surface area contributed by atoms with Gasteiger partial charge in [-0.2, -0.15) is 0 Å². The van der Waals surface area contributed by atoms with Gasteiger partial charge in [0.2, 0.25) is 0 Å². The first-order valence-corrected chi connectivity index (χ1v) is 7.43. The standard InChI is InChI=1S/C17H19ClN2O3/c1-11-6-4-5-7-12(11)10-19-17(21)20-14-9-15(22-2)13(18)8-16(14)23-3/h4-9H,10H2,1-3H3,(H2,19,20,21). The molecule has 2 N–H and O–H groups in total. The van der Waals surface area contributed by atoms with E-state index in [-0.39, 0.29) is 6.03 Å². The zero-order chi connectivity index (χ0) is 16.8. The van der Waals surface area contributed by atoms with Crippen molar-refractivity contribution in [3.05, 3.63) is 52.5 Å². The van der Waals surface area contributed by atoms with Crippen LogP contribution in [0.1, 0.15) is 11.1 Å². The number of carbonyl (C=O) groups excluding carboxylic acids is 1. The van der Waals surface area contributed by atoms with Gasteiger partial charge in [0.15, 0.2) is 0 Å². The van der Waals surface area contributed by atoms with Crippen LogP contribution in [0.25, 0.3) is 0 Å². The Kier molecular flexibility index (Phi) is 5.71. The largest absolute Gasteiger partial charge is 0.495 e. The Hall–Kier alpha value is -2.40. The zero-order valence-corrected chi connectivity index (χ0v) is 14.0. The molecule has 122 valence electrons. The zero-order valence-electron chi connectivity index (χ0n) is 13.3. The van der Waals surface area contributed by atoms with E-state index in [4.69, 9.17) is 21.1 Å². The minimum Gasteiger partial charge on any atom is -0.495 e. The third-order valence-electron chi connectivity index (χ3n) is 3.42. The van der Waals surface area contributed by atoms with Crippen molar-refractivity contribution in [3.8, 4) is 11.5 Å². The number of anilines is 1. The lowest BCUT2D eigenvalue weighted by Gasteiger charge is -2.14. The molecule has 0 saturated heterocycles. The first-order valence-electron chi connectivity index (χ1n) is 7.06. The first kappa shape index (κ1) is 17.0. The van der Waals surface area contributed by atoms with Crippen LogP contribution in [0.2, 0.25) is 5.02 Å². The molecular weight excluding hydrogens is 316 g/mol. The predicted molar refractivity (Wildman–Crippen MR) is 91.6 cm³/mol. The lowest BCUT2D eigenvalue weighted by Crippen LogP contribution is -2.28. The van der Waals surface area contributed by atoms with Gasteiger partial charge in [-0.3, -0.25) is 0 Å². The fourth-order valence-corrected chi connectivity index (χ4v) is 2.34. The lowest BCUT2D eigenvalue weighted by molar-refractivity contribution is 0.251. The summed E-state index contributed by atoms with van der Waals surface area (Å²) in [6, 6.07) is 10.8. The van der Waals surface area contributed by atoms with Crippen LogP contribution in [0.4, 0.5) is 10.5 Å². The van der Waals surface area contributed by atoms with E-state index in [1.165, 1.54) is 14.2 Å². The molecule has 0 atom stereocenters. The van der Waals surface area contributed by atoms with Gasteiger partial charge in [-0.25, -0.2) is 4.79 Å². The normalized spacial score (nSPS) is 10.1. The Morgan fingerprint density at radius 1 is 1.13 bits per heavy atom. The van der Waals surface area contributed by atoms with E-state index in [1.54, 1.807) is 12.1 Å². The number of rotatable bonds is 5. The second kappa shape index (κ2) is 7.74. The molecule has 0 spiro atoms. The van der Waals surface area contributed by atoms with Crippen LogP contribution in [-0.4, -0.2) is 20.3 Å². The van der Waals surface area contributed by atoms with E-state index in [1.807, 2.05) is 31.2 Å². The third-order valence-corrected chi connectivity index (χ3v) is 3.72. The van der Waals surface area contributed by atoms with E-state index in [9.17, 15) is 4.79 Å². The van der Waals surface area contributed by atoms with Crippen molar-refractivity contribution in [1.29, 1.82) is 0 Å². The lowest BCUT2D eigenvalue weighted by atomic mass is 10.1. The summed E-state index contributed by atoms with van der Waals surface area (Å²) < 4.78 is 10.4. The van der Waals surface area contributed by atoms with Gasteiger partial charge in [-0.1, -0.05) is 35.9 Å². The minimum atomic E-state index is -0.337. The monoisotopic (exact) mass is 334 g/mol. The second-order valence-electron chi connectivity index (χ2n) is 4.92. The molecule has 6 heteroatoms. The summed E-state index contributed by atoms with van der Waals surface area (Å²) in [6.07, 6.45) is 0. The summed E-state index contributed by atoms with van der Waals surface area (Å²) in [5.74, 6) is 0.920. The molecule has 0 unspecified atom stereocenters. The Bertz CT molecular complexity index is 704. The van der Waals surface area contributed by atoms with Crippen molar-refractivity contribution < 1.29 is 14.3 Å². The van der Waals surface area contributed by atoms with Crippen LogP contribution in [0, 0.1) is 6.92 Å². The van der Waals surface area contributed by atoms with Crippen molar-refractivity contribution >= 4 is 23.3 Å². The number of urea groups is 1. The number of hydrogen-bond donors (Lipinski definition) is 2. The van der Waals surface area contributed by atoms with Crippen LogP contribution < -0.4 is 20.1 Å². The van der Waals surface area contributed by atoms with Gasteiger partial charge in [0.1, 0.15) is 11.5 Å². The molecule has 0 aliphatic carbocycles.